The van der Waals surface area contributed by atoms with Crippen LogP contribution < -0.4 is 0 Å². The predicted octanol–water partition coefficient (Wildman–Crippen LogP) is 1.85. The Balaban J connectivity index is 2.33. The van der Waals surface area contributed by atoms with E-state index in [4.69, 9.17) is 0 Å². The van der Waals surface area contributed by atoms with Gasteiger partial charge in [0.15, 0.2) is 0 Å². The number of nitrogens with zero attached hydrogens (tertiary/aromatic N) is 4. The van der Waals surface area contributed by atoms with E-state index in [1.807, 2.05) is 12.3 Å². The second kappa shape index (κ2) is 3.26. The molecule has 5 heteroatoms. The van der Waals surface area contributed by atoms with Crippen molar-refractivity contribution in [3.63, 3.8) is 0 Å². The molecule has 13 heavy (non-hydrogen) atoms. The van der Waals surface area contributed by atoms with Crippen molar-refractivity contribution in [3.05, 3.63) is 24.3 Å². The molecule has 0 aliphatic heterocycles. The Morgan fingerprint density at radius 1 is 1.46 bits per heavy atom. The molecule has 0 atom stereocenters. The van der Waals surface area contributed by atoms with Crippen LogP contribution in [-0.2, 0) is 0 Å². The van der Waals surface area contributed by atoms with Gasteiger partial charge in [-0.3, -0.25) is 0 Å². The molecule has 0 amide bonds. The molecule has 0 aliphatic rings. The van der Waals surface area contributed by atoms with E-state index in [1.165, 1.54) is 11.5 Å². The second-order valence-electron chi connectivity index (χ2n) is 3.04. The fraction of sp³-hybridized carbons (Fsp3) is 0.375. The molecule has 0 aromatic carbocycles. The average Bonchev–Trinajstić information content (AvgIpc) is 2.75. The SMILES string of the molecule is CC(C)c1nsc(-n2cccn2)n1. The summed E-state index contributed by atoms with van der Waals surface area (Å²) in [6.07, 6.45) is 3.60. The summed E-state index contributed by atoms with van der Waals surface area (Å²) in [6.45, 7) is 4.16. The maximum Gasteiger partial charge on any atom is 0.230 e. The Kier molecular flexibility index (Phi) is 2.10. The highest BCUT2D eigenvalue weighted by atomic mass is 32.1. The lowest BCUT2D eigenvalue weighted by Gasteiger charge is -1.94. The molecule has 0 fully saturated rings. The minimum absolute atomic E-state index is 0.376. The molecule has 2 heterocycles. The highest BCUT2D eigenvalue weighted by Crippen LogP contribution is 2.15. The van der Waals surface area contributed by atoms with Gasteiger partial charge in [-0.05, 0) is 6.07 Å². The molecule has 0 N–H and O–H groups in total. The summed E-state index contributed by atoms with van der Waals surface area (Å²) >= 11 is 1.37. The lowest BCUT2D eigenvalue weighted by molar-refractivity contribution is 0.781. The van der Waals surface area contributed by atoms with Crippen molar-refractivity contribution < 1.29 is 0 Å². The summed E-state index contributed by atoms with van der Waals surface area (Å²) in [7, 11) is 0. The first-order chi connectivity index (χ1) is 6.27. The first kappa shape index (κ1) is 8.37. The van der Waals surface area contributed by atoms with E-state index in [-0.39, 0.29) is 0 Å². The van der Waals surface area contributed by atoms with Crippen LogP contribution >= 0.6 is 11.5 Å². The predicted molar refractivity (Wildman–Crippen MR) is 51.1 cm³/mol. The summed E-state index contributed by atoms with van der Waals surface area (Å²) < 4.78 is 5.97. The van der Waals surface area contributed by atoms with E-state index in [9.17, 15) is 0 Å². The first-order valence-corrected chi connectivity index (χ1v) is 4.88. The van der Waals surface area contributed by atoms with Crippen LogP contribution in [0.5, 0.6) is 0 Å². The van der Waals surface area contributed by atoms with Gasteiger partial charge in [0.1, 0.15) is 5.82 Å². The molecule has 0 unspecified atom stereocenters. The van der Waals surface area contributed by atoms with Crippen molar-refractivity contribution in [2.24, 2.45) is 0 Å². The highest BCUT2D eigenvalue weighted by Gasteiger charge is 2.08. The summed E-state index contributed by atoms with van der Waals surface area (Å²) in [5.74, 6) is 1.26. The Labute approximate surface area is 80.4 Å². The first-order valence-electron chi connectivity index (χ1n) is 4.11. The van der Waals surface area contributed by atoms with Gasteiger partial charge in [-0.2, -0.15) is 9.47 Å². The van der Waals surface area contributed by atoms with Gasteiger partial charge in [0, 0.05) is 29.8 Å². The maximum atomic E-state index is 4.36. The van der Waals surface area contributed by atoms with Crippen molar-refractivity contribution in [1.29, 1.82) is 0 Å². The summed E-state index contributed by atoms with van der Waals surface area (Å²) in [4.78, 5) is 4.36. The van der Waals surface area contributed by atoms with Crippen LogP contribution in [0.15, 0.2) is 18.5 Å². The van der Waals surface area contributed by atoms with Crippen LogP contribution in [0.1, 0.15) is 25.6 Å². The van der Waals surface area contributed by atoms with Gasteiger partial charge in [-0.25, -0.2) is 9.67 Å². The quantitative estimate of drug-likeness (QED) is 0.732. The number of hydrogen-bond acceptors (Lipinski definition) is 4. The monoisotopic (exact) mass is 194 g/mol. The molecule has 0 saturated carbocycles. The Bertz CT molecular complexity index is 377. The van der Waals surface area contributed by atoms with E-state index < -0.39 is 0 Å². The normalized spacial score (nSPS) is 11.0. The lowest BCUT2D eigenvalue weighted by atomic mass is 10.2. The topological polar surface area (TPSA) is 43.6 Å². The average molecular weight is 194 g/mol. The van der Waals surface area contributed by atoms with Crippen molar-refractivity contribution in [2.75, 3.05) is 0 Å². The molecule has 2 rings (SSSR count). The molecule has 68 valence electrons. The summed E-state index contributed by atoms with van der Waals surface area (Å²) in [6, 6.07) is 1.87. The van der Waals surface area contributed by atoms with Crippen LogP contribution in [0.25, 0.3) is 5.13 Å². The van der Waals surface area contributed by atoms with Crippen LogP contribution in [-0.4, -0.2) is 19.1 Å². The minimum atomic E-state index is 0.376. The molecule has 2 aromatic heterocycles. The van der Waals surface area contributed by atoms with Gasteiger partial charge in [0.2, 0.25) is 5.13 Å². The van der Waals surface area contributed by atoms with Gasteiger partial charge in [-0.1, -0.05) is 13.8 Å². The standard InChI is InChI=1S/C8H10N4S/c1-6(2)7-10-8(13-11-7)12-5-3-4-9-12/h3-6H,1-2H3. The molecule has 0 aliphatic carbocycles. The zero-order valence-electron chi connectivity index (χ0n) is 7.51. The Morgan fingerprint density at radius 2 is 2.31 bits per heavy atom. The summed E-state index contributed by atoms with van der Waals surface area (Å²) in [5, 5.41) is 4.91. The molecular weight excluding hydrogens is 184 g/mol. The Hall–Kier alpha value is -1.23. The molecular formula is C8H10N4S. The smallest absolute Gasteiger partial charge is 0.212 e. The highest BCUT2D eigenvalue weighted by molar-refractivity contribution is 7.08. The van der Waals surface area contributed by atoms with Gasteiger partial charge in [0.25, 0.3) is 0 Å². The number of rotatable bonds is 2. The maximum absolute atomic E-state index is 4.36. The molecule has 0 spiro atoms. The van der Waals surface area contributed by atoms with Crippen LogP contribution in [0, 0.1) is 0 Å². The Morgan fingerprint density at radius 3 is 2.85 bits per heavy atom. The van der Waals surface area contributed by atoms with E-state index >= 15 is 0 Å². The van der Waals surface area contributed by atoms with Crippen LogP contribution in [0.4, 0.5) is 0 Å². The van der Waals surface area contributed by atoms with Crippen molar-refractivity contribution in [3.8, 4) is 5.13 Å². The third-order valence-electron chi connectivity index (χ3n) is 1.65. The molecule has 0 bridgehead atoms. The third-order valence-corrected chi connectivity index (χ3v) is 2.37. The van der Waals surface area contributed by atoms with Crippen molar-refractivity contribution in [2.45, 2.75) is 19.8 Å². The number of hydrogen-bond donors (Lipinski definition) is 0. The van der Waals surface area contributed by atoms with Gasteiger partial charge in [0.05, 0.1) is 0 Å². The van der Waals surface area contributed by atoms with Gasteiger partial charge < -0.3 is 0 Å². The van der Waals surface area contributed by atoms with E-state index in [1.54, 1.807) is 10.9 Å². The van der Waals surface area contributed by atoms with E-state index in [0.29, 0.717) is 5.92 Å². The van der Waals surface area contributed by atoms with Gasteiger partial charge in [-0.15, -0.1) is 0 Å². The second-order valence-corrected chi connectivity index (χ2v) is 3.77. The zero-order chi connectivity index (χ0) is 9.26. The zero-order valence-corrected chi connectivity index (χ0v) is 8.32. The molecule has 2 aromatic rings. The van der Waals surface area contributed by atoms with Crippen molar-refractivity contribution in [1.82, 2.24) is 19.1 Å². The van der Waals surface area contributed by atoms with Crippen LogP contribution in [0.2, 0.25) is 0 Å². The molecule has 0 radical (unpaired) electrons. The fourth-order valence-electron chi connectivity index (χ4n) is 0.936. The van der Waals surface area contributed by atoms with E-state index in [2.05, 4.69) is 28.3 Å². The van der Waals surface area contributed by atoms with Crippen molar-refractivity contribution >= 4 is 11.5 Å². The largest absolute Gasteiger partial charge is 0.230 e. The lowest BCUT2D eigenvalue weighted by Crippen LogP contribution is -1.95. The van der Waals surface area contributed by atoms with E-state index in [0.717, 1.165) is 11.0 Å². The third kappa shape index (κ3) is 1.60. The minimum Gasteiger partial charge on any atom is -0.212 e. The van der Waals surface area contributed by atoms with Gasteiger partial charge >= 0.3 is 0 Å². The molecule has 0 saturated heterocycles. The summed E-state index contributed by atoms with van der Waals surface area (Å²) in [5.41, 5.74) is 0. The fourth-order valence-corrected chi connectivity index (χ4v) is 1.69. The molecule has 4 nitrogen and oxygen atoms in total. The van der Waals surface area contributed by atoms with Crippen LogP contribution in [0.3, 0.4) is 0 Å². The number of aromatic nitrogens is 4.